The number of aliphatic hydroxyl groups is 4. The van der Waals surface area contributed by atoms with Crippen LogP contribution < -0.4 is 39.3 Å². The van der Waals surface area contributed by atoms with Crippen molar-refractivity contribution < 1.29 is 39.4 Å². The van der Waals surface area contributed by atoms with Crippen molar-refractivity contribution in [2.24, 2.45) is 28.7 Å². The van der Waals surface area contributed by atoms with Crippen LogP contribution in [0.25, 0.3) is 0 Å². The van der Waals surface area contributed by atoms with Crippen molar-refractivity contribution in [3.05, 3.63) is 0 Å². The molecule has 15 nitrogen and oxygen atoms in total. The van der Waals surface area contributed by atoms with Gasteiger partial charge in [-0.05, 0) is 38.9 Å². The van der Waals surface area contributed by atoms with E-state index in [1.807, 2.05) is 0 Å². The molecule has 16 N–H and O–H groups in total. The predicted octanol–water partition coefficient (Wildman–Crippen LogP) is -6.29. The van der Waals surface area contributed by atoms with E-state index < -0.39 is 73.1 Å². The zero-order valence-electron chi connectivity index (χ0n) is 20.5. The van der Waals surface area contributed by atoms with E-state index >= 15 is 0 Å². The Morgan fingerprint density at radius 3 is 2.39 bits per heavy atom. The van der Waals surface area contributed by atoms with Crippen molar-refractivity contribution >= 4 is 5.91 Å². The lowest BCUT2D eigenvalue weighted by atomic mass is 9.83. The van der Waals surface area contributed by atoms with Gasteiger partial charge in [0.25, 0.3) is 0 Å². The molecule has 0 radical (unpaired) electrons. The van der Waals surface area contributed by atoms with Crippen LogP contribution in [0.2, 0.25) is 0 Å². The zero-order chi connectivity index (χ0) is 26.8. The molecule has 212 valence electrons. The second kappa shape index (κ2) is 15.4. The van der Waals surface area contributed by atoms with E-state index in [1.54, 1.807) is 0 Å². The maximum atomic E-state index is 12.4. The fourth-order valence-electron chi connectivity index (χ4n) is 4.39. The SMILES string of the molecule is NCCCNCCOC1[C@@H](O)[C@H](O[C@H]2OC(CN)[C@@H](O)[C@H](O)C2N)C(N)C[C@H]1NC(=O)[C@@H](O)CCN. The molecule has 1 amide bonds. The number of aliphatic hydroxyl groups excluding tert-OH is 4. The van der Waals surface area contributed by atoms with Gasteiger partial charge < -0.3 is 73.9 Å². The van der Waals surface area contributed by atoms with Gasteiger partial charge >= 0.3 is 0 Å². The maximum absolute atomic E-state index is 12.4. The number of nitrogens with one attached hydrogen (secondary N) is 2. The number of nitrogens with two attached hydrogens (primary N) is 5. The molecule has 4 unspecified atom stereocenters. The molecule has 2 aliphatic rings. The minimum absolute atomic E-state index is 0.0723. The molecular formula is C21H45N7O8. The van der Waals surface area contributed by atoms with Crippen LogP contribution >= 0.6 is 0 Å². The number of rotatable bonds is 14. The third kappa shape index (κ3) is 8.22. The highest BCUT2D eigenvalue weighted by atomic mass is 16.7. The number of amides is 1. The molecule has 2 rings (SSSR count). The van der Waals surface area contributed by atoms with E-state index in [4.69, 9.17) is 42.9 Å². The van der Waals surface area contributed by atoms with E-state index in [2.05, 4.69) is 10.6 Å². The third-order valence-electron chi connectivity index (χ3n) is 6.51. The summed E-state index contributed by atoms with van der Waals surface area (Å²) in [5, 5.41) is 47.4. The normalized spacial score (nSPS) is 38.0. The Labute approximate surface area is 211 Å². The van der Waals surface area contributed by atoms with E-state index in [1.165, 1.54) is 0 Å². The standard InChI is InChI=1S/C21H45N7O8/c22-3-1-5-27-6-7-34-19-11(28-20(33)12(29)2-4-23)8-10(25)18(17(19)32)36-21-14(26)16(31)15(30)13(9-24)35-21/h10-19,21,27,29-32H,1-9,22-26H2,(H,28,33)/t10?,11-,12+,13?,14?,15-,16-,17+,18-,19?,21-/m1/s1. The van der Waals surface area contributed by atoms with Crippen LogP contribution in [-0.2, 0) is 19.0 Å². The second-order valence-corrected chi connectivity index (χ2v) is 9.26. The molecule has 2 fully saturated rings. The summed E-state index contributed by atoms with van der Waals surface area (Å²) in [6.07, 6.45) is -8.42. The number of carbonyl (C=O) groups is 1. The van der Waals surface area contributed by atoms with E-state index in [0.29, 0.717) is 19.6 Å². The van der Waals surface area contributed by atoms with Gasteiger partial charge in [0.1, 0.15) is 42.7 Å². The van der Waals surface area contributed by atoms with Crippen LogP contribution in [0.3, 0.4) is 0 Å². The van der Waals surface area contributed by atoms with Crippen molar-refractivity contribution in [2.75, 3.05) is 39.3 Å². The van der Waals surface area contributed by atoms with Gasteiger partial charge in [-0.25, -0.2) is 0 Å². The number of hydrogen-bond donors (Lipinski definition) is 11. The zero-order valence-corrected chi connectivity index (χ0v) is 20.5. The van der Waals surface area contributed by atoms with Gasteiger partial charge in [-0.2, -0.15) is 0 Å². The average molecular weight is 524 g/mol. The molecule has 0 spiro atoms. The summed E-state index contributed by atoms with van der Waals surface area (Å²) in [4.78, 5) is 12.4. The summed E-state index contributed by atoms with van der Waals surface area (Å²) in [6.45, 7) is 1.95. The van der Waals surface area contributed by atoms with Crippen LogP contribution in [0.5, 0.6) is 0 Å². The Bertz CT molecular complexity index is 651. The Kier molecular flexibility index (Phi) is 13.3. The number of hydrogen-bond acceptors (Lipinski definition) is 14. The highest BCUT2D eigenvalue weighted by Gasteiger charge is 2.49. The van der Waals surface area contributed by atoms with Crippen LogP contribution in [0, 0.1) is 0 Å². The minimum Gasteiger partial charge on any atom is -0.388 e. The molecule has 1 saturated carbocycles. The van der Waals surface area contributed by atoms with Crippen LogP contribution in [-0.4, -0.2) is 133 Å². The van der Waals surface area contributed by atoms with Crippen molar-refractivity contribution in [2.45, 2.75) is 86.4 Å². The third-order valence-corrected chi connectivity index (χ3v) is 6.51. The summed E-state index contributed by atoms with van der Waals surface area (Å²) in [5.74, 6) is -0.653. The van der Waals surface area contributed by atoms with Crippen LogP contribution in [0.4, 0.5) is 0 Å². The fraction of sp³-hybridized carbons (Fsp3) is 0.952. The van der Waals surface area contributed by atoms with E-state index in [0.717, 1.165) is 6.42 Å². The molecule has 11 atom stereocenters. The summed E-state index contributed by atoms with van der Waals surface area (Å²) < 4.78 is 17.5. The molecule has 0 aromatic rings. The molecule has 0 bridgehead atoms. The molecule has 1 aliphatic carbocycles. The van der Waals surface area contributed by atoms with Gasteiger partial charge in [-0.15, -0.1) is 0 Å². The summed E-state index contributed by atoms with van der Waals surface area (Å²) in [5.41, 5.74) is 28.8. The second-order valence-electron chi connectivity index (χ2n) is 9.26. The summed E-state index contributed by atoms with van der Waals surface area (Å²) in [6, 6.07) is -2.66. The highest BCUT2D eigenvalue weighted by Crippen LogP contribution is 2.29. The van der Waals surface area contributed by atoms with Gasteiger partial charge in [-0.3, -0.25) is 4.79 Å². The topological polar surface area (TPSA) is 280 Å². The molecule has 1 aliphatic heterocycles. The Hall–Kier alpha value is -1.05. The Morgan fingerprint density at radius 2 is 1.75 bits per heavy atom. The summed E-state index contributed by atoms with van der Waals surface area (Å²) >= 11 is 0. The van der Waals surface area contributed by atoms with E-state index in [9.17, 15) is 25.2 Å². The maximum Gasteiger partial charge on any atom is 0.249 e. The van der Waals surface area contributed by atoms with Gasteiger partial charge in [0.2, 0.25) is 5.91 Å². The van der Waals surface area contributed by atoms with E-state index in [-0.39, 0.29) is 32.5 Å². The minimum atomic E-state index is -1.36. The fourth-order valence-corrected chi connectivity index (χ4v) is 4.39. The first kappa shape index (κ1) is 31.2. The molecule has 0 aromatic carbocycles. The van der Waals surface area contributed by atoms with Crippen molar-refractivity contribution in [3.63, 3.8) is 0 Å². The van der Waals surface area contributed by atoms with Crippen molar-refractivity contribution in [1.29, 1.82) is 0 Å². The van der Waals surface area contributed by atoms with Gasteiger partial charge in [0.05, 0.1) is 18.7 Å². The lowest BCUT2D eigenvalue weighted by Crippen LogP contribution is -2.68. The largest absolute Gasteiger partial charge is 0.388 e. The lowest BCUT2D eigenvalue weighted by Gasteiger charge is -2.47. The number of carbonyl (C=O) groups excluding carboxylic acids is 1. The smallest absolute Gasteiger partial charge is 0.249 e. The predicted molar refractivity (Wildman–Crippen MR) is 129 cm³/mol. The monoisotopic (exact) mass is 523 g/mol. The van der Waals surface area contributed by atoms with Crippen molar-refractivity contribution in [1.82, 2.24) is 10.6 Å². The molecule has 0 aromatic heterocycles. The first-order chi connectivity index (χ1) is 17.2. The van der Waals surface area contributed by atoms with Crippen molar-refractivity contribution in [3.8, 4) is 0 Å². The first-order valence-corrected chi connectivity index (χ1v) is 12.4. The molecule has 36 heavy (non-hydrogen) atoms. The molecule has 1 heterocycles. The Balaban J connectivity index is 2.12. The average Bonchev–Trinajstić information content (AvgIpc) is 2.85. The van der Waals surface area contributed by atoms with Crippen LogP contribution in [0.15, 0.2) is 0 Å². The highest BCUT2D eigenvalue weighted by molar-refractivity contribution is 5.80. The quantitative estimate of drug-likeness (QED) is 0.0945. The number of ether oxygens (including phenoxy) is 3. The summed E-state index contributed by atoms with van der Waals surface area (Å²) in [7, 11) is 0. The first-order valence-electron chi connectivity index (χ1n) is 12.4. The molecule has 1 saturated heterocycles. The Morgan fingerprint density at radius 1 is 1.03 bits per heavy atom. The van der Waals surface area contributed by atoms with Gasteiger partial charge in [0.15, 0.2) is 6.29 Å². The van der Waals surface area contributed by atoms with Gasteiger partial charge in [-0.1, -0.05) is 0 Å². The van der Waals surface area contributed by atoms with Crippen LogP contribution in [0.1, 0.15) is 19.3 Å². The molecular weight excluding hydrogens is 478 g/mol. The lowest BCUT2D eigenvalue weighted by molar-refractivity contribution is -0.289. The van der Waals surface area contributed by atoms with Gasteiger partial charge in [0, 0.05) is 19.1 Å². The molecule has 15 heteroatoms.